The average molecular weight is 247 g/mol. The van der Waals surface area contributed by atoms with Crippen molar-refractivity contribution in [3.8, 4) is 6.07 Å². The van der Waals surface area contributed by atoms with E-state index in [0.29, 0.717) is 11.4 Å². The Labute approximate surface area is 101 Å². The van der Waals surface area contributed by atoms with Gasteiger partial charge in [0, 0.05) is 25.2 Å². The van der Waals surface area contributed by atoms with Gasteiger partial charge in [-0.15, -0.1) is 24.8 Å². The smallest absolute Gasteiger partial charge is 0.141 e. The summed E-state index contributed by atoms with van der Waals surface area (Å²) in [4.78, 5) is 4.20. The highest BCUT2D eigenvalue weighted by Gasteiger charge is 2.12. The third-order valence-corrected chi connectivity index (χ3v) is 2.20. The van der Waals surface area contributed by atoms with Crippen LogP contribution in [0.1, 0.15) is 16.8 Å². The topological polar surface area (TPSA) is 74.7 Å². The Bertz CT molecular complexity index is 386. The molecule has 0 saturated carbocycles. The van der Waals surface area contributed by atoms with E-state index in [-0.39, 0.29) is 24.8 Å². The molecule has 0 spiro atoms. The third kappa shape index (κ3) is 2.72. The van der Waals surface area contributed by atoms with Crippen LogP contribution in [0.3, 0.4) is 0 Å². The number of hydrogen-bond donors (Lipinski definition) is 2. The molecule has 1 aliphatic rings. The Balaban J connectivity index is 0.000000980. The van der Waals surface area contributed by atoms with Crippen LogP contribution in [-0.4, -0.2) is 11.5 Å². The molecule has 6 heteroatoms. The zero-order valence-electron chi connectivity index (χ0n) is 7.99. The van der Waals surface area contributed by atoms with Crippen LogP contribution in [0.2, 0.25) is 0 Å². The van der Waals surface area contributed by atoms with Gasteiger partial charge < -0.3 is 11.1 Å². The molecule has 82 valence electrons. The first kappa shape index (κ1) is 14.0. The maximum Gasteiger partial charge on any atom is 0.141 e. The first-order valence-corrected chi connectivity index (χ1v) is 4.20. The molecular weight excluding hydrogens is 235 g/mol. The van der Waals surface area contributed by atoms with E-state index in [4.69, 9.17) is 11.0 Å². The van der Waals surface area contributed by atoms with Gasteiger partial charge >= 0.3 is 0 Å². The molecule has 0 atom stereocenters. The van der Waals surface area contributed by atoms with Crippen molar-refractivity contribution in [2.45, 2.75) is 13.0 Å². The van der Waals surface area contributed by atoms with Crippen molar-refractivity contribution >= 4 is 30.6 Å². The molecule has 0 aliphatic carbocycles. The summed E-state index contributed by atoms with van der Waals surface area (Å²) in [5.74, 6) is 0.350. The summed E-state index contributed by atoms with van der Waals surface area (Å²) in [7, 11) is 0. The monoisotopic (exact) mass is 246 g/mol. The molecule has 0 bridgehead atoms. The number of nitrogens with one attached hydrogen (secondary N) is 1. The van der Waals surface area contributed by atoms with Crippen LogP contribution in [0.15, 0.2) is 6.07 Å². The Morgan fingerprint density at radius 1 is 1.47 bits per heavy atom. The predicted molar refractivity (Wildman–Crippen MR) is 63.3 cm³/mol. The van der Waals surface area contributed by atoms with Crippen molar-refractivity contribution in [1.29, 1.82) is 5.26 Å². The molecule has 0 amide bonds. The van der Waals surface area contributed by atoms with Crippen molar-refractivity contribution < 1.29 is 0 Å². The number of halogens is 2. The van der Waals surface area contributed by atoms with Crippen molar-refractivity contribution in [2.24, 2.45) is 0 Å². The number of nitrogens with two attached hydrogens (primary N) is 1. The number of hydrogen-bond acceptors (Lipinski definition) is 4. The van der Waals surface area contributed by atoms with E-state index in [9.17, 15) is 0 Å². The second kappa shape index (κ2) is 5.76. The standard InChI is InChI=1S/C9H10N4.2ClH/c10-4-6-3-7-5-12-2-1-8(7)13-9(6)11;;/h3,12H,1-2,5H2,(H2,11,13);2*1H. The fraction of sp³-hybridized carbons (Fsp3) is 0.333. The lowest BCUT2D eigenvalue weighted by molar-refractivity contribution is 0.631. The van der Waals surface area contributed by atoms with Crippen LogP contribution in [0.25, 0.3) is 0 Å². The van der Waals surface area contributed by atoms with Gasteiger partial charge in [0.25, 0.3) is 0 Å². The van der Waals surface area contributed by atoms with Gasteiger partial charge in [-0.05, 0) is 11.6 Å². The van der Waals surface area contributed by atoms with Gasteiger partial charge in [-0.1, -0.05) is 0 Å². The van der Waals surface area contributed by atoms with Crippen LogP contribution in [0.5, 0.6) is 0 Å². The molecule has 2 heterocycles. The molecule has 4 nitrogen and oxygen atoms in total. The second-order valence-corrected chi connectivity index (χ2v) is 3.07. The van der Waals surface area contributed by atoms with Crippen molar-refractivity contribution in [3.05, 3.63) is 22.9 Å². The third-order valence-electron chi connectivity index (χ3n) is 2.20. The molecule has 1 aliphatic heterocycles. The highest BCUT2D eigenvalue weighted by Crippen LogP contribution is 2.17. The molecule has 1 aromatic heterocycles. The molecule has 0 radical (unpaired) electrons. The van der Waals surface area contributed by atoms with Crippen LogP contribution < -0.4 is 11.1 Å². The van der Waals surface area contributed by atoms with E-state index >= 15 is 0 Å². The minimum absolute atomic E-state index is 0. The lowest BCUT2D eigenvalue weighted by Crippen LogP contribution is -2.25. The molecule has 0 aromatic carbocycles. The molecule has 2 rings (SSSR count). The lowest BCUT2D eigenvalue weighted by atomic mass is 10.1. The number of fused-ring (bicyclic) bond motifs is 1. The van der Waals surface area contributed by atoms with Crippen LogP contribution >= 0.6 is 24.8 Å². The predicted octanol–water partition coefficient (Wildman–Crippen LogP) is 1.02. The first-order chi connectivity index (χ1) is 6.31. The van der Waals surface area contributed by atoms with E-state index < -0.39 is 0 Å². The number of rotatable bonds is 0. The van der Waals surface area contributed by atoms with Gasteiger partial charge in [0.05, 0.1) is 5.56 Å². The quantitative estimate of drug-likeness (QED) is 0.717. The fourth-order valence-corrected chi connectivity index (χ4v) is 1.50. The molecule has 0 unspecified atom stereocenters. The summed E-state index contributed by atoms with van der Waals surface area (Å²) in [5, 5.41) is 12.0. The SMILES string of the molecule is Cl.Cl.N#Cc1cc2c(nc1N)CCNC2. The molecule has 0 fully saturated rings. The number of nitrogen functional groups attached to an aromatic ring is 1. The largest absolute Gasteiger partial charge is 0.383 e. The highest BCUT2D eigenvalue weighted by molar-refractivity contribution is 5.85. The van der Waals surface area contributed by atoms with Gasteiger partial charge in [-0.25, -0.2) is 4.98 Å². The van der Waals surface area contributed by atoms with E-state index in [1.807, 2.05) is 12.1 Å². The summed E-state index contributed by atoms with van der Waals surface area (Å²) in [6.07, 6.45) is 0.894. The zero-order chi connectivity index (χ0) is 9.26. The van der Waals surface area contributed by atoms with Crippen molar-refractivity contribution in [2.75, 3.05) is 12.3 Å². The second-order valence-electron chi connectivity index (χ2n) is 3.07. The number of nitriles is 1. The number of aromatic nitrogens is 1. The normalized spacial score (nSPS) is 12.7. The number of anilines is 1. The zero-order valence-corrected chi connectivity index (χ0v) is 9.62. The maximum atomic E-state index is 8.73. The van der Waals surface area contributed by atoms with Crippen LogP contribution in [0, 0.1) is 11.3 Å². The molecule has 3 N–H and O–H groups in total. The molecular formula is C9H12Cl2N4. The summed E-state index contributed by atoms with van der Waals surface area (Å²) in [6, 6.07) is 3.85. The number of nitrogens with zero attached hydrogens (tertiary/aromatic N) is 2. The van der Waals surface area contributed by atoms with Crippen molar-refractivity contribution in [3.63, 3.8) is 0 Å². The molecule has 15 heavy (non-hydrogen) atoms. The van der Waals surface area contributed by atoms with Gasteiger partial charge in [-0.3, -0.25) is 0 Å². The molecule has 0 saturated heterocycles. The van der Waals surface area contributed by atoms with E-state index in [1.165, 1.54) is 0 Å². The Morgan fingerprint density at radius 3 is 2.87 bits per heavy atom. The highest BCUT2D eigenvalue weighted by atomic mass is 35.5. The average Bonchev–Trinajstić information content (AvgIpc) is 2.17. The van der Waals surface area contributed by atoms with Gasteiger partial charge in [0.15, 0.2) is 0 Å². The van der Waals surface area contributed by atoms with Gasteiger partial charge in [0.2, 0.25) is 0 Å². The van der Waals surface area contributed by atoms with E-state index in [1.54, 1.807) is 0 Å². The summed E-state index contributed by atoms with van der Waals surface area (Å²) in [6.45, 7) is 1.72. The first-order valence-electron chi connectivity index (χ1n) is 4.20. The summed E-state index contributed by atoms with van der Waals surface area (Å²) in [5.41, 5.74) is 8.19. The van der Waals surface area contributed by atoms with Gasteiger partial charge in [-0.2, -0.15) is 5.26 Å². The number of pyridine rings is 1. The Hall–Kier alpha value is -1.02. The van der Waals surface area contributed by atoms with E-state index in [2.05, 4.69) is 10.3 Å². The lowest BCUT2D eigenvalue weighted by Gasteiger charge is -2.16. The minimum Gasteiger partial charge on any atom is -0.383 e. The molecule has 1 aromatic rings. The van der Waals surface area contributed by atoms with E-state index in [0.717, 1.165) is 30.8 Å². The minimum atomic E-state index is 0. The fourth-order valence-electron chi connectivity index (χ4n) is 1.50. The summed E-state index contributed by atoms with van der Waals surface area (Å²) >= 11 is 0. The van der Waals surface area contributed by atoms with Crippen LogP contribution in [0.4, 0.5) is 5.82 Å². The Morgan fingerprint density at radius 2 is 2.20 bits per heavy atom. The van der Waals surface area contributed by atoms with Crippen LogP contribution in [-0.2, 0) is 13.0 Å². The Kier molecular flexibility index (Phi) is 5.37. The van der Waals surface area contributed by atoms with Gasteiger partial charge in [0.1, 0.15) is 11.9 Å². The summed E-state index contributed by atoms with van der Waals surface area (Å²) < 4.78 is 0. The maximum absolute atomic E-state index is 8.73. The van der Waals surface area contributed by atoms with Crippen molar-refractivity contribution in [1.82, 2.24) is 10.3 Å².